The van der Waals surface area contributed by atoms with Crippen LogP contribution >= 0.6 is 0 Å². The van der Waals surface area contributed by atoms with E-state index in [-0.39, 0.29) is 12.1 Å². The van der Waals surface area contributed by atoms with Crippen molar-refractivity contribution in [2.24, 2.45) is 0 Å². The topological polar surface area (TPSA) is 55.6 Å². The van der Waals surface area contributed by atoms with E-state index in [0.717, 1.165) is 37.1 Å². The molecule has 0 saturated carbocycles. The van der Waals surface area contributed by atoms with Gasteiger partial charge in [-0.1, -0.05) is 18.2 Å². The molecule has 20 heavy (non-hydrogen) atoms. The van der Waals surface area contributed by atoms with Crippen LogP contribution in [0.1, 0.15) is 39.2 Å². The third-order valence-corrected chi connectivity index (χ3v) is 3.57. The number of benzene rings is 1. The maximum atomic E-state index is 12.0. The van der Waals surface area contributed by atoms with Crippen molar-refractivity contribution < 1.29 is 9.53 Å². The van der Waals surface area contributed by atoms with E-state index in [1.165, 1.54) is 0 Å². The number of amides is 1. The Kier molecular flexibility index (Phi) is 4.21. The van der Waals surface area contributed by atoms with Gasteiger partial charge in [0.05, 0.1) is 0 Å². The Balaban J connectivity index is 1.86. The van der Waals surface area contributed by atoms with Gasteiger partial charge in [-0.05, 0) is 51.7 Å². The fourth-order valence-corrected chi connectivity index (χ4v) is 2.39. The van der Waals surface area contributed by atoms with E-state index in [4.69, 9.17) is 10.5 Å². The van der Waals surface area contributed by atoms with Crippen LogP contribution in [0, 0.1) is 0 Å². The van der Waals surface area contributed by atoms with Gasteiger partial charge in [0.25, 0.3) is 0 Å². The first-order valence-electron chi connectivity index (χ1n) is 7.20. The quantitative estimate of drug-likeness (QED) is 0.862. The number of nitrogens with two attached hydrogens (primary N) is 1. The van der Waals surface area contributed by atoms with Gasteiger partial charge in [-0.15, -0.1) is 0 Å². The van der Waals surface area contributed by atoms with Crippen LogP contribution in [0.3, 0.4) is 0 Å². The summed E-state index contributed by atoms with van der Waals surface area (Å²) in [5.74, 6) is 0. The second kappa shape index (κ2) is 5.73. The lowest BCUT2D eigenvalue weighted by Gasteiger charge is -2.41. The minimum atomic E-state index is -0.429. The van der Waals surface area contributed by atoms with Crippen molar-refractivity contribution >= 4 is 11.8 Å². The van der Waals surface area contributed by atoms with Crippen LogP contribution in [0.5, 0.6) is 0 Å². The van der Waals surface area contributed by atoms with Gasteiger partial charge in [0.2, 0.25) is 0 Å². The Bertz CT molecular complexity index is 480. The first-order valence-corrected chi connectivity index (χ1v) is 7.20. The van der Waals surface area contributed by atoms with Crippen LogP contribution in [0.2, 0.25) is 0 Å². The molecule has 1 aliphatic rings. The minimum Gasteiger partial charge on any atom is -0.444 e. The van der Waals surface area contributed by atoms with Gasteiger partial charge < -0.3 is 15.4 Å². The van der Waals surface area contributed by atoms with Crippen molar-refractivity contribution in [3.8, 4) is 0 Å². The predicted octanol–water partition coefficient (Wildman–Crippen LogP) is 3.21. The summed E-state index contributed by atoms with van der Waals surface area (Å²) in [6.07, 6.45) is 2.69. The lowest BCUT2D eigenvalue weighted by atomic mass is 9.95. The number of hydrogen-bond donors (Lipinski definition) is 1. The summed E-state index contributed by atoms with van der Waals surface area (Å²) in [5, 5.41) is 0. The fourth-order valence-electron chi connectivity index (χ4n) is 2.39. The molecule has 2 N–H and O–H groups in total. The molecule has 1 aliphatic heterocycles. The minimum absolute atomic E-state index is 0.199. The number of para-hydroxylation sites is 1. The molecule has 4 nitrogen and oxygen atoms in total. The smallest absolute Gasteiger partial charge is 0.410 e. The number of aryl methyl sites for hydroxylation is 1. The van der Waals surface area contributed by atoms with E-state index in [1.807, 2.05) is 49.9 Å². The lowest BCUT2D eigenvalue weighted by molar-refractivity contribution is -0.00654. The normalized spacial score (nSPS) is 18.6. The maximum absolute atomic E-state index is 12.0. The van der Waals surface area contributed by atoms with Gasteiger partial charge in [0, 0.05) is 18.3 Å². The molecule has 1 aromatic rings. The third kappa shape index (κ3) is 3.65. The number of ether oxygens (including phenoxy) is 1. The molecular weight excluding hydrogens is 252 g/mol. The average Bonchev–Trinajstić information content (AvgIpc) is 2.27. The molecule has 1 fully saturated rings. The van der Waals surface area contributed by atoms with Gasteiger partial charge >= 0.3 is 6.09 Å². The molecule has 2 rings (SSSR count). The number of nitrogens with zero attached hydrogens (tertiary/aromatic N) is 1. The van der Waals surface area contributed by atoms with Gasteiger partial charge in [-0.2, -0.15) is 0 Å². The van der Waals surface area contributed by atoms with Crippen LogP contribution in [-0.2, 0) is 11.2 Å². The Hall–Kier alpha value is -1.71. The number of hydrogen-bond acceptors (Lipinski definition) is 3. The van der Waals surface area contributed by atoms with E-state index in [0.29, 0.717) is 0 Å². The average molecular weight is 276 g/mol. The highest BCUT2D eigenvalue weighted by Gasteiger charge is 2.34. The molecule has 1 unspecified atom stereocenters. The van der Waals surface area contributed by atoms with Gasteiger partial charge in [0.15, 0.2) is 0 Å². The van der Waals surface area contributed by atoms with E-state index < -0.39 is 5.60 Å². The van der Waals surface area contributed by atoms with E-state index in [1.54, 1.807) is 0 Å². The highest BCUT2D eigenvalue weighted by atomic mass is 16.6. The summed E-state index contributed by atoms with van der Waals surface area (Å²) < 4.78 is 5.41. The van der Waals surface area contributed by atoms with Crippen molar-refractivity contribution in [2.45, 2.75) is 51.7 Å². The van der Waals surface area contributed by atoms with Crippen LogP contribution in [0.4, 0.5) is 10.5 Å². The Morgan fingerprint density at radius 3 is 2.65 bits per heavy atom. The third-order valence-electron chi connectivity index (χ3n) is 3.57. The zero-order valence-corrected chi connectivity index (χ0v) is 12.6. The fraction of sp³-hybridized carbons (Fsp3) is 0.562. The molecule has 1 atom stereocenters. The van der Waals surface area contributed by atoms with Gasteiger partial charge in [0.1, 0.15) is 5.60 Å². The van der Waals surface area contributed by atoms with Crippen molar-refractivity contribution in [2.75, 3.05) is 12.3 Å². The standard InChI is InChI=1S/C16H24N2O2/c1-16(2,3)20-15(19)18-11-10-13(18)9-8-12-6-4-5-7-14(12)17/h4-7,13H,8-11,17H2,1-3H3. The predicted molar refractivity (Wildman–Crippen MR) is 80.5 cm³/mol. The highest BCUT2D eigenvalue weighted by Crippen LogP contribution is 2.25. The van der Waals surface area contributed by atoms with Crippen molar-refractivity contribution in [1.82, 2.24) is 4.90 Å². The van der Waals surface area contributed by atoms with Crippen molar-refractivity contribution in [1.29, 1.82) is 0 Å². The van der Waals surface area contributed by atoms with Crippen molar-refractivity contribution in [3.05, 3.63) is 29.8 Å². The molecule has 4 heteroatoms. The Morgan fingerprint density at radius 2 is 2.10 bits per heavy atom. The number of anilines is 1. The van der Waals surface area contributed by atoms with E-state index in [2.05, 4.69) is 0 Å². The second-order valence-corrected chi connectivity index (χ2v) is 6.35. The van der Waals surface area contributed by atoms with Crippen LogP contribution in [0.25, 0.3) is 0 Å². The number of carbonyl (C=O) groups is 1. The number of nitrogen functional groups attached to an aromatic ring is 1. The molecule has 1 saturated heterocycles. The molecule has 110 valence electrons. The van der Waals surface area contributed by atoms with Crippen LogP contribution in [0.15, 0.2) is 24.3 Å². The summed E-state index contributed by atoms with van der Waals surface area (Å²) in [5.41, 5.74) is 7.49. The Morgan fingerprint density at radius 1 is 1.40 bits per heavy atom. The molecule has 0 aromatic heterocycles. The second-order valence-electron chi connectivity index (χ2n) is 6.35. The first-order chi connectivity index (χ1) is 9.37. The molecule has 0 bridgehead atoms. The molecule has 0 radical (unpaired) electrons. The molecular formula is C16H24N2O2. The number of rotatable bonds is 3. The van der Waals surface area contributed by atoms with Gasteiger partial charge in [-0.25, -0.2) is 4.79 Å². The number of likely N-dealkylation sites (tertiary alicyclic amines) is 1. The molecule has 1 aromatic carbocycles. The zero-order chi connectivity index (χ0) is 14.8. The summed E-state index contributed by atoms with van der Waals surface area (Å²) in [6.45, 7) is 6.48. The SMILES string of the molecule is CC(C)(C)OC(=O)N1CCC1CCc1ccccc1N. The summed E-state index contributed by atoms with van der Waals surface area (Å²) in [6, 6.07) is 8.19. The first kappa shape index (κ1) is 14.7. The zero-order valence-electron chi connectivity index (χ0n) is 12.6. The van der Waals surface area contributed by atoms with Gasteiger partial charge in [-0.3, -0.25) is 0 Å². The monoisotopic (exact) mass is 276 g/mol. The molecule has 1 heterocycles. The Labute approximate surface area is 120 Å². The van der Waals surface area contributed by atoms with E-state index in [9.17, 15) is 4.79 Å². The van der Waals surface area contributed by atoms with Crippen LogP contribution < -0.4 is 5.73 Å². The molecule has 0 aliphatic carbocycles. The van der Waals surface area contributed by atoms with E-state index >= 15 is 0 Å². The van der Waals surface area contributed by atoms with Crippen molar-refractivity contribution in [3.63, 3.8) is 0 Å². The number of carbonyl (C=O) groups excluding carboxylic acids is 1. The summed E-state index contributed by atoms with van der Waals surface area (Å²) in [7, 11) is 0. The van der Waals surface area contributed by atoms with Crippen LogP contribution in [-0.4, -0.2) is 29.2 Å². The largest absolute Gasteiger partial charge is 0.444 e. The maximum Gasteiger partial charge on any atom is 0.410 e. The molecule has 0 spiro atoms. The molecule has 1 amide bonds. The summed E-state index contributed by atoms with van der Waals surface area (Å²) in [4.78, 5) is 13.8. The lowest BCUT2D eigenvalue weighted by Crippen LogP contribution is -2.52. The summed E-state index contributed by atoms with van der Waals surface area (Å²) >= 11 is 0. The highest BCUT2D eigenvalue weighted by molar-refractivity contribution is 5.69.